The van der Waals surface area contributed by atoms with Gasteiger partial charge in [-0.05, 0) is 36.8 Å². The van der Waals surface area contributed by atoms with Crippen molar-refractivity contribution in [2.24, 2.45) is 5.73 Å². The van der Waals surface area contributed by atoms with Crippen molar-refractivity contribution in [1.29, 1.82) is 5.41 Å². The van der Waals surface area contributed by atoms with E-state index < -0.39 is 6.03 Å². The molecule has 2 heterocycles. The van der Waals surface area contributed by atoms with E-state index in [1.165, 1.54) is 16.2 Å². The molecule has 0 aliphatic carbocycles. The second-order valence-corrected chi connectivity index (χ2v) is 7.10. The number of nitrogens with one attached hydrogen (secondary N) is 1. The number of thiophene rings is 1. The Balaban J connectivity index is 2.05. The molecule has 0 unspecified atom stereocenters. The molecule has 0 radical (unpaired) electrons. The van der Waals surface area contributed by atoms with Crippen molar-refractivity contribution < 1.29 is 9.53 Å². The average Bonchev–Trinajstić information content (AvgIpc) is 2.84. The summed E-state index contributed by atoms with van der Waals surface area (Å²) in [7, 11) is 0. The molecule has 1 aliphatic rings. The first-order valence-corrected chi connectivity index (χ1v) is 8.83. The third-order valence-electron chi connectivity index (χ3n) is 3.71. The summed E-state index contributed by atoms with van der Waals surface area (Å²) in [5, 5.41) is 8.27. The zero-order valence-electron chi connectivity index (χ0n) is 12.6. The van der Waals surface area contributed by atoms with Gasteiger partial charge in [-0.25, -0.2) is 4.79 Å². The van der Waals surface area contributed by atoms with Gasteiger partial charge in [0, 0.05) is 27.9 Å². The van der Waals surface area contributed by atoms with Gasteiger partial charge in [0.2, 0.25) is 0 Å². The number of primary amides is 1. The fraction of sp³-hybridized carbons (Fsp3) is 0.250. The minimum absolute atomic E-state index is 0.151. The number of nitrogens with two attached hydrogens (primary N) is 1. The normalized spacial score (nSPS) is 12.6. The molecule has 7 heteroatoms. The number of benzene rings is 1. The van der Waals surface area contributed by atoms with Crippen molar-refractivity contribution >= 4 is 39.1 Å². The molecule has 0 saturated carbocycles. The van der Waals surface area contributed by atoms with Crippen molar-refractivity contribution in [2.45, 2.75) is 13.3 Å². The molecule has 2 amide bonds. The molecule has 0 atom stereocenters. The largest absolute Gasteiger partial charge is 0.493 e. The summed E-state index contributed by atoms with van der Waals surface area (Å²) in [6, 6.07) is 7.31. The minimum Gasteiger partial charge on any atom is -0.493 e. The molecular weight excluding hydrogens is 378 g/mol. The second kappa shape index (κ2) is 6.33. The predicted molar refractivity (Wildman–Crippen MR) is 95.4 cm³/mol. The van der Waals surface area contributed by atoms with Gasteiger partial charge in [0.25, 0.3) is 0 Å². The van der Waals surface area contributed by atoms with Gasteiger partial charge < -0.3 is 10.5 Å². The SMILES string of the molecule is CCN(C(=N)c1cc2c(s1)-c1ccc(Br)cc1OCC2)C(N)=O. The Morgan fingerprint density at radius 3 is 2.96 bits per heavy atom. The molecule has 1 aromatic heterocycles. The molecule has 3 N–H and O–H groups in total. The van der Waals surface area contributed by atoms with Gasteiger partial charge in [0.15, 0.2) is 0 Å². The number of amides is 2. The van der Waals surface area contributed by atoms with E-state index in [2.05, 4.69) is 15.9 Å². The van der Waals surface area contributed by atoms with Crippen LogP contribution in [0.5, 0.6) is 5.75 Å². The van der Waals surface area contributed by atoms with Crippen molar-refractivity contribution in [3.63, 3.8) is 0 Å². The molecule has 0 spiro atoms. The molecule has 5 nitrogen and oxygen atoms in total. The van der Waals surface area contributed by atoms with Gasteiger partial charge in [0.1, 0.15) is 11.6 Å². The molecule has 23 heavy (non-hydrogen) atoms. The van der Waals surface area contributed by atoms with Crippen LogP contribution in [-0.4, -0.2) is 29.9 Å². The standard InChI is InChI=1S/C16H16BrN3O2S/c1-2-20(16(19)21)15(18)13-7-9-5-6-22-12-8-10(17)3-4-11(12)14(9)23-13/h3-4,7-8,18H,2,5-6H2,1H3,(H2,19,21). The van der Waals surface area contributed by atoms with Gasteiger partial charge in [0.05, 0.1) is 11.5 Å². The summed E-state index contributed by atoms with van der Waals surface area (Å²) in [6.07, 6.45) is 0.772. The van der Waals surface area contributed by atoms with Gasteiger partial charge in [-0.2, -0.15) is 0 Å². The van der Waals surface area contributed by atoms with E-state index in [0.717, 1.165) is 37.5 Å². The highest BCUT2D eigenvalue weighted by Crippen LogP contribution is 2.42. The Kier molecular flexibility index (Phi) is 4.41. The fourth-order valence-corrected chi connectivity index (χ4v) is 4.13. The lowest BCUT2D eigenvalue weighted by Gasteiger charge is -2.17. The first kappa shape index (κ1) is 16.0. The van der Waals surface area contributed by atoms with Crippen LogP contribution >= 0.6 is 27.3 Å². The number of carbonyl (C=O) groups excluding carboxylic acids is 1. The lowest BCUT2D eigenvalue weighted by atomic mass is 10.1. The molecule has 0 saturated heterocycles. The summed E-state index contributed by atoms with van der Waals surface area (Å²) < 4.78 is 6.78. The van der Waals surface area contributed by atoms with Crippen LogP contribution in [0, 0.1) is 5.41 Å². The summed E-state index contributed by atoms with van der Waals surface area (Å²) in [4.78, 5) is 14.6. The Labute approximate surface area is 146 Å². The highest BCUT2D eigenvalue weighted by atomic mass is 79.9. The highest BCUT2D eigenvalue weighted by molar-refractivity contribution is 9.10. The Morgan fingerprint density at radius 1 is 1.48 bits per heavy atom. The van der Waals surface area contributed by atoms with Crippen molar-refractivity contribution in [3.05, 3.63) is 39.2 Å². The van der Waals surface area contributed by atoms with E-state index in [1.807, 2.05) is 24.3 Å². The number of amidine groups is 1. The van der Waals surface area contributed by atoms with E-state index in [1.54, 1.807) is 6.92 Å². The van der Waals surface area contributed by atoms with Gasteiger partial charge in [-0.1, -0.05) is 15.9 Å². The number of rotatable bonds is 2. The van der Waals surface area contributed by atoms with Crippen LogP contribution < -0.4 is 10.5 Å². The van der Waals surface area contributed by atoms with Crippen LogP contribution in [0.3, 0.4) is 0 Å². The summed E-state index contributed by atoms with van der Waals surface area (Å²) in [5.74, 6) is 0.984. The van der Waals surface area contributed by atoms with Crippen LogP contribution in [-0.2, 0) is 6.42 Å². The first-order chi connectivity index (χ1) is 11.0. The number of urea groups is 1. The lowest BCUT2D eigenvalue weighted by Crippen LogP contribution is -2.40. The lowest BCUT2D eigenvalue weighted by molar-refractivity contribution is 0.231. The smallest absolute Gasteiger partial charge is 0.320 e. The number of hydrogen-bond acceptors (Lipinski definition) is 4. The third kappa shape index (κ3) is 2.98. The molecule has 3 rings (SSSR count). The molecule has 1 aliphatic heterocycles. The first-order valence-electron chi connectivity index (χ1n) is 7.22. The molecule has 2 aromatic rings. The summed E-state index contributed by atoms with van der Waals surface area (Å²) in [6.45, 7) is 2.77. The van der Waals surface area contributed by atoms with Gasteiger partial charge in [-0.3, -0.25) is 10.3 Å². The summed E-state index contributed by atoms with van der Waals surface area (Å²) in [5.41, 5.74) is 7.51. The second-order valence-electron chi connectivity index (χ2n) is 5.14. The van der Waals surface area contributed by atoms with Crippen LogP contribution in [0.2, 0.25) is 0 Å². The number of carbonyl (C=O) groups is 1. The van der Waals surface area contributed by atoms with Crippen molar-refractivity contribution in [3.8, 4) is 16.2 Å². The molecular formula is C16H16BrN3O2S. The maximum absolute atomic E-state index is 11.5. The van der Waals surface area contributed by atoms with Crippen LogP contribution in [0.4, 0.5) is 4.79 Å². The maximum atomic E-state index is 11.5. The Bertz CT molecular complexity index is 788. The topological polar surface area (TPSA) is 79.4 Å². The predicted octanol–water partition coefficient (Wildman–Crippen LogP) is 3.84. The molecule has 0 fully saturated rings. The zero-order chi connectivity index (χ0) is 16.6. The minimum atomic E-state index is -0.603. The van der Waals surface area contributed by atoms with E-state index in [9.17, 15) is 4.79 Å². The number of halogens is 1. The average molecular weight is 394 g/mol. The molecule has 1 aromatic carbocycles. The maximum Gasteiger partial charge on any atom is 0.320 e. The van der Waals surface area contributed by atoms with Crippen LogP contribution in [0.25, 0.3) is 10.4 Å². The Hall–Kier alpha value is -1.86. The zero-order valence-corrected chi connectivity index (χ0v) is 15.0. The quantitative estimate of drug-likeness (QED) is 0.600. The number of fused-ring (bicyclic) bond motifs is 3. The van der Waals surface area contributed by atoms with Crippen LogP contribution in [0.15, 0.2) is 28.7 Å². The third-order valence-corrected chi connectivity index (χ3v) is 5.42. The highest BCUT2D eigenvalue weighted by Gasteiger charge is 2.23. The van der Waals surface area contributed by atoms with E-state index in [0.29, 0.717) is 13.2 Å². The number of hydrogen-bond donors (Lipinski definition) is 2. The fourth-order valence-electron chi connectivity index (χ4n) is 2.59. The van der Waals surface area contributed by atoms with E-state index >= 15 is 0 Å². The Morgan fingerprint density at radius 2 is 2.26 bits per heavy atom. The van der Waals surface area contributed by atoms with Gasteiger partial charge in [-0.15, -0.1) is 11.3 Å². The van der Waals surface area contributed by atoms with Crippen LogP contribution in [0.1, 0.15) is 17.4 Å². The van der Waals surface area contributed by atoms with E-state index in [4.69, 9.17) is 15.9 Å². The number of nitrogens with zero attached hydrogens (tertiary/aromatic N) is 1. The van der Waals surface area contributed by atoms with Crippen molar-refractivity contribution in [2.75, 3.05) is 13.2 Å². The number of ether oxygens (including phenoxy) is 1. The van der Waals surface area contributed by atoms with Crippen molar-refractivity contribution in [1.82, 2.24) is 4.90 Å². The molecule has 120 valence electrons. The monoisotopic (exact) mass is 393 g/mol. The summed E-state index contributed by atoms with van der Waals surface area (Å²) >= 11 is 4.96. The molecule has 0 bridgehead atoms. The van der Waals surface area contributed by atoms with Gasteiger partial charge >= 0.3 is 6.03 Å². The van der Waals surface area contributed by atoms with E-state index in [-0.39, 0.29) is 5.84 Å².